The first-order valence-corrected chi connectivity index (χ1v) is 10.2. The minimum atomic E-state index is -0.433. The standard InChI is InChI=1S/C22H35N3O2/c1-15-13-17-14-19(7-8-20(17)24(6)16(15)2)23-18-9-11-25(12-10-18)21(26)27-22(3,4)5/h7-8,14-16,18,23H,9-13H2,1-6H3/t15-,16+/m1/s1. The number of rotatable bonds is 2. The minimum Gasteiger partial charge on any atom is -0.444 e. The van der Waals surface area contributed by atoms with E-state index in [2.05, 4.69) is 49.3 Å². The van der Waals surface area contributed by atoms with Gasteiger partial charge in [-0.05, 0) is 76.6 Å². The maximum absolute atomic E-state index is 12.2. The van der Waals surface area contributed by atoms with Crippen LogP contribution in [0.15, 0.2) is 18.2 Å². The lowest BCUT2D eigenvalue weighted by molar-refractivity contribution is 0.0210. The Labute approximate surface area is 164 Å². The van der Waals surface area contributed by atoms with E-state index in [1.807, 2.05) is 25.7 Å². The Kier molecular flexibility index (Phi) is 5.59. The highest BCUT2D eigenvalue weighted by Crippen LogP contribution is 2.34. The molecule has 0 saturated carbocycles. The van der Waals surface area contributed by atoms with E-state index in [9.17, 15) is 4.79 Å². The lowest BCUT2D eigenvalue weighted by Crippen LogP contribution is -2.44. The van der Waals surface area contributed by atoms with Crippen LogP contribution < -0.4 is 10.2 Å². The molecule has 2 atom stereocenters. The number of likely N-dealkylation sites (tertiary alicyclic amines) is 1. The van der Waals surface area contributed by atoms with E-state index >= 15 is 0 Å². The van der Waals surface area contributed by atoms with E-state index in [1.54, 1.807) is 0 Å². The monoisotopic (exact) mass is 373 g/mol. The molecule has 5 nitrogen and oxygen atoms in total. The molecule has 0 aliphatic carbocycles. The van der Waals surface area contributed by atoms with Crippen LogP contribution in [0.3, 0.4) is 0 Å². The van der Waals surface area contributed by atoms with Crippen LogP contribution >= 0.6 is 0 Å². The summed E-state index contributed by atoms with van der Waals surface area (Å²) in [5.74, 6) is 0.662. The Hall–Kier alpha value is -1.91. The van der Waals surface area contributed by atoms with Crippen molar-refractivity contribution in [1.82, 2.24) is 4.90 Å². The first-order valence-electron chi connectivity index (χ1n) is 10.2. The maximum Gasteiger partial charge on any atom is 0.410 e. The number of nitrogens with one attached hydrogen (secondary N) is 1. The van der Waals surface area contributed by atoms with E-state index in [0.29, 0.717) is 18.0 Å². The van der Waals surface area contributed by atoms with Crippen molar-refractivity contribution in [3.63, 3.8) is 0 Å². The fraction of sp³-hybridized carbons (Fsp3) is 0.682. The van der Waals surface area contributed by atoms with Gasteiger partial charge >= 0.3 is 6.09 Å². The molecule has 1 saturated heterocycles. The molecule has 2 aliphatic heterocycles. The number of fused-ring (bicyclic) bond motifs is 1. The zero-order valence-electron chi connectivity index (χ0n) is 17.7. The normalized spacial score (nSPS) is 23.8. The smallest absolute Gasteiger partial charge is 0.410 e. The number of benzene rings is 1. The molecule has 1 fully saturated rings. The summed E-state index contributed by atoms with van der Waals surface area (Å²) in [4.78, 5) is 16.4. The van der Waals surface area contributed by atoms with Crippen LogP contribution in [0.4, 0.5) is 16.2 Å². The molecule has 27 heavy (non-hydrogen) atoms. The van der Waals surface area contributed by atoms with Gasteiger partial charge in [0.25, 0.3) is 0 Å². The van der Waals surface area contributed by atoms with Gasteiger partial charge in [-0.25, -0.2) is 4.79 Å². The van der Waals surface area contributed by atoms with Crippen molar-refractivity contribution in [3.8, 4) is 0 Å². The highest BCUT2D eigenvalue weighted by Gasteiger charge is 2.28. The molecule has 3 rings (SSSR count). The van der Waals surface area contributed by atoms with E-state index in [4.69, 9.17) is 4.74 Å². The molecule has 5 heteroatoms. The molecular formula is C22H35N3O2. The van der Waals surface area contributed by atoms with Gasteiger partial charge in [-0.2, -0.15) is 0 Å². The Morgan fingerprint density at radius 2 is 1.85 bits per heavy atom. The molecule has 0 spiro atoms. The van der Waals surface area contributed by atoms with Crippen molar-refractivity contribution < 1.29 is 9.53 Å². The number of carbonyl (C=O) groups is 1. The molecule has 1 aromatic carbocycles. The molecule has 0 bridgehead atoms. The largest absolute Gasteiger partial charge is 0.444 e. The Balaban J connectivity index is 1.57. The predicted molar refractivity (Wildman–Crippen MR) is 112 cm³/mol. The summed E-state index contributed by atoms with van der Waals surface area (Å²) in [6.45, 7) is 11.9. The van der Waals surface area contributed by atoms with Crippen molar-refractivity contribution in [2.45, 2.75) is 71.6 Å². The number of hydrogen-bond acceptors (Lipinski definition) is 4. The van der Waals surface area contributed by atoms with Crippen LogP contribution in [-0.2, 0) is 11.2 Å². The SMILES string of the molecule is C[C@@H]1Cc2cc(NC3CCN(C(=O)OC(C)(C)C)CC3)ccc2N(C)[C@H]1C. The molecule has 150 valence electrons. The van der Waals surface area contributed by atoms with Gasteiger partial charge in [0.1, 0.15) is 5.60 Å². The van der Waals surface area contributed by atoms with E-state index in [-0.39, 0.29) is 6.09 Å². The van der Waals surface area contributed by atoms with Crippen molar-refractivity contribution in [2.24, 2.45) is 5.92 Å². The zero-order valence-corrected chi connectivity index (χ0v) is 17.7. The van der Waals surface area contributed by atoms with Crippen LogP contribution in [0.1, 0.15) is 53.0 Å². The topological polar surface area (TPSA) is 44.8 Å². The molecule has 0 aromatic heterocycles. The molecule has 2 heterocycles. The Morgan fingerprint density at radius 3 is 2.48 bits per heavy atom. The highest BCUT2D eigenvalue weighted by molar-refractivity contribution is 5.68. The van der Waals surface area contributed by atoms with Crippen molar-refractivity contribution in [1.29, 1.82) is 0 Å². The predicted octanol–water partition coefficient (Wildman–Crippen LogP) is 4.51. The van der Waals surface area contributed by atoms with Crippen molar-refractivity contribution in [2.75, 3.05) is 30.4 Å². The number of nitrogens with zero attached hydrogens (tertiary/aromatic N) is 2. The van der Waals surface area contributed by atoms with Gasteiger partial charge < -0.3 is 19.9 Å². The van der Waals surface area contributed by atoms with Crippen LogP contribution in [0.25, 0.3) is 0 Å². The van der Waals surface area contributed by atoms with E-state index in [0.717, 1.165) is 32.4 Å². The van der Waals surface area contributed by atoms with E-state index < -0.39 is 5.60 Å². The third-order valence-corrected chi connectivity index (χ3v) is 5.95. The van der Waals surface area contributed by atoms with Crippen LogP contribution in [0.5, 0.6) is 0 Å². The van der Waals surface area contributed by atoms with Crippen LogP contribution in [0.2, 0.25) is 0 Å². The lowest BCUT2D eigenvalue weighted by Gasteiger charge is -2.39. The number of amides is 1. The summed E-state index contributed by atoms with van der Waals surface area (Å²) in [6.07, 6.45) is 2.83. The second-order valence-corrected chi connectivity index (χ2v) is 9.26. The average molecular weight is 374 g/mol. The second-order valence-electron chi connectivity index (χ2n) is 9.26. The fourth-order valence-electron chi connectivity index (χ4n) is 4.07. The fourth-order valence-corrected chi connectivity index (χ4v) is 4.07. The maximum atomic E-state index is 12.2. The van der Waals surface area contributed by atoms with Gasteiger partial charge in [0.15, 0.2) is 0 Å². The Bertz CT molecular complexity index is 675. The van der Waals surface area contributed by atoms with Gasteiger partial charge in [0, 0.05) is 43.6 Å². The molecule has 1 aromatic rings. The molecule has 1 N–H and O–H groups in total. The summed E-state index contributed by atoms with van der Waals surface area (Å²) in [5, 5.41) is 3.68. The van der Waals surface area contributed by atoms with Gasteiger partial charge in [0.05, 0.1) is 0 Å². The Morgan fingerprint density at radius 1 is 1.19 bits per heavy atom. The number of hydrogen-bond donors (Lipinski definition) is 1. The number of anilines is 2. The first-order chi connectivity index (χ1) is 12.6. The number of ether oxygens (including phenoxy) is 1. The third kappa shape index (κ3) is 4.69. The van der Waals surface area contributed by atoms with Crippen molar-refractivity contribution >= 4 is 17.5 Å². The minimum absolute atomic E-state index is 0.194. The summed E-state index contributed by atoms with van der Waals surface area (Å²) < 4.78 is 5.48. The van der Waals surface area contributed by atoms with Gasteiger partial charge in [-0.15, -0.1) is 0 Å². The van der Waals surface area contributed by atoms with Gasteiger partial charge in [0.2, 0.25) is 0 Å². The summed E-state index contributed by atoms with van der Waals surface area (Å²) in [7, 11) is 2.19. The third-order valence-electron chi connectivity index (χ3n) is 5.95. The number of carbonyl (C=O) groups excluding carboxylic acids is 1. The van der Waals surface area contributed by atoms with E-state index in [1.165, 1.54) is 16.9 Å². The first kappa shape index (κ1) is 19.8. The molecule has 0 radical (unpaired) electrons. The van der Waals surface area contributed by atoms with Crippen LogP contribution in [0, 0.1) is 5.92 Å². The summed E-state index contributed by atoms with van der Waals surface area (Å²) in [5.41, 5.74) is 3.54. The quantitative estimate of drug-likeness (QED) is 0.828. The molecule has 0 unspecified atom stereocenters. The molecule has 1 amide bonds. The van der Waals surface area contributed by atoms with Gasteiger partial charge in [-0.1, -0.05) is 6.92 Å². The molecule has 2 aliphatic rings. The average Bonchev–Trinajstić information content (AvgIpc) is 2.59. The lowest BCUT2D eigenvalue weighted by atomic mass is 9.88. The van der Waals surface area contributed by atoms with Crippen molar-refractivity contribution in [3.05, 3.63) is 23.8 Å². The molecular weight excluding hydrogens is 338 g/mol. The number of piperidine rings is 1. The highest BCUT2D eigenvalue weighted by atomic mass is 16.6. The second kappa shape index (κ2) is 7.61. The zero-order chi connectivity index (χ0) is 19.8. The van der Waals surface area contributed by atoms with Crippen LogP contribution in [-0.4, -0.2) is 48.8 Å². The summed E-state index contributed by atoms with van der Waals surface area (Å²) >= 11 is 0. The van der Waals surface area contributed by atoms with Gasteiger partial charge in [-0.3, -0.25) is 0 Å². The summed E-state index contributed by atoms with van der Waals surface area (Å²) in [6, 6.07) is 7.73.